The van der Waals surface area contributed by atoms with Crippen molar-refractivity contribution in [3.8, 4) is 0 Å². The molecule has 0 fully saturated rings. The Morgan fingerprint density at radius 2 is 2.17 bits per heavy atom. The monoisotopic (exact) mass is 279 g/mol. The van der Waals surface area contributed by atoms with Crippen LogP contribution in [0.4, 0.5) is 0 Å². The molecule has 1 aromatic carbocycles. The lowest BCUT2D eigenvalue weighted by molar-refractivity contribution is 0.550. The van der Waals surface area contributed by atoms with Crippen molar-refractivity contribution < 1.29 is 0 Å². The van der Waals surface area contributed by atoms with Gasteiger partial charge >= 0.3 is 0 Å². The molecule has 1 heterocycles. The van der Waals surface area contributed by atoms with Gasteiger partial charge in [0.1, 0.15) is 0 Å². The zero-order valence-electron chi connectivity index (χ0n) is 10.7. The van der Waals surface area contributed by atoms with E-state index in [0.717, 1.165) is 23.6 Å². The normalized spacial score (nSPS) is 12.6. The van der Waals surface area contributed by atoms with Crippen molar-refractivity contribution in [1.82, 2.24) is 5.32 Å². The molecule has 1 nitrogen and oxygen atoms in total. The van der Waals surface area contributed by atoms with E-state index >= 15 is 0 Å². The number of likely N-dealkylation sites (N-methyl/N-ethyl adjacent to an activating group) is 1. The summed E-state index contributed by atoms with van der Waals surface area (Å²) >= 11 is 7.84. The SMILES string of the molecule is CCNC(Cc1ccsc1)c1ccc(Cl)c(C)c1. The lowest BCUT2D eigenvalue weighted by Gasteiger charge is -2.18. The van der Waals surface area contributed by atoms with E-state index in [1.807, 2.05) is 6.07 Å². The molecule has 0 aliphatic carbocycles. The van der Waals surface area contributed by atoms with Gasteiger partial charge in [-0.1, -0.05) is 30.7 Å². The molecule has 1 aromatic heterocycles. The van der Waals surface area contributed by atoms with E-state index < -0.39 is 0 Å². The van der Waals surface area contributed by atoms with Gasteiger partial charge in [0.25, 0.3) is 0 Å². The number of aryl methyl sites for hydroxylation is 1. The van der Waals surface area contributed by atoms with E-state index in [1.165, 1.54) is 11.1 Å². The van der Waals surface area contributed by atoms with Crippen LogP contribution in [0, 0.1) is 6.92 Å². The molecule has 0 aliphatic rings. The van der Waals surface area contributed by atoms with Gasteiger partial charge in [0.05, 0.1) is 0 Å². The lowest BCUT2D eigenvalue weighted by atomic mass is 9.99. The van der Waals surface area contributed by atoms with Crippen LogP contribution in [-0.2, 0) is 6.42 Å². The summed E-state index contributed by atoms with van der Waals surface area (Å²) in [5.41, 5.74) is 3.84. The Kier molecular flexibility index (Phi) is 4.81. The van der Waals surface area contributed by atoms with Gasteiger partial charge in [-0.15, -0.1) is 0 Å². The third-order valence-electron chi connectivity index (χ3n) is 3.05. The maximum atomic E-state index is 6.09. The molecule has 1 N–H and O–H groups in total. The summed E-state index contributed by atoms with van der Waals surface area (Å²) in [6.07, 6.45) is 1.03. The second kappa shape index (κ2) is 6.37. The lowest BCUT2D eigenvalue weighted by Crippen LogP contribution is -2.22. The minimum atomic E-state index is 0.362. The molecule has 0 radical (unpaired) electrons. The van der Waals surface area contributed by atoms with Gasteiger partial charge in [0.2, 0.25) is 0 Å². The topological polar surface area (TPSA) is 12.0 Å². The first-order valence-electron chi connectivity index (χ1n) is 6.21. The fraction of sp³-hybridized carbons (Fsp3) is 0.333. The average Bonchev–Trinajstić information content (AvgIpc) is 2.85. The van der Waals surface area contributed by atoms with Crippen LogP contribution in [0.1, 0.15) is 29.7 Å². The van der Waals surface area contributed by atoms with Crippen LogP contribution in [0.5, 0.6) is 0 Å². The van der Waals surface area contributed by atoms with E-state index in [1.54, 1.807) is 11.3 Å². The molecule has 0 spiro atoms. The van der Waals surface area contributed by atoms with Crippen molar-refractivity contribution in [2.75, 3.05) is 6.54 Å². The van der Waals surface area contributed by atoms with E-state index in [2.05, 4.69) is 48.1 Å². The third kappa shape index (κ3) is 3.35. The van der Waals surface area contributed by atoms with Crippen molar-refractivity contribution in [2.45, 2.75) is 26.3 Å². The molecule has 3 heteroatoms. The van der Waals surface area contributed by atoms with Gasteiger partial charge in [0.15, 0.2) is 0 Å². The fourth-order valence-electron chi connectivity index (χ4n) is 2.08. The van der Waals surface area contributed by atoms with Crippen LogP contribution >= 0.6 is 22.9 Å². The number of nitrogens with one attached hydrogen (secondary N) is 1. The predicted octanol–water partition coefficient (Wildman–Crippen LogP) is 4.60. The molecule has 2 aromatic rings. The number of halogens is 1. The highest BCUT2D eigenvalue weighted by molar-refractivity contribution is 7.07. The van der Waals surface area contributed by atoms with Crippen molar-refractivity contribution in [1.29, 1.82) is 0 Å². The summed E-state index contributed by atoms with van der Waals surface area (Å²) < 4.78 is 0. The molecule has 1 atom stereocenters. The van der Waals surface area contributed by atoms with E-state index in [0.29, 0.717) is 6.04 Å². The van der Waals surface area contributed by atoms with Crippen molar-refractivity contribution in [3.63, 3.8) is 0 Å². The molecule has 0 saturated carbocycles. The number of rotatable bonds is 5. The van der Waals surface area contributed by atoms with E-state index in [9.17, 15) is 0 Å². The number of thiophene rings is 1. The molecular weight excluding hydrogens is 262 g/mol. The van der Waals surface area contributed by atoms with Crippen molar-refractivity contribution >= 4 is 22.9 Å². The largest absolute Gasteiger partial charge is 0.310 e. The molecule has 1 unspecified atom stereocenters. The van der Waals surface area contributed by atoms with E-state index in [-0.39, 0.29) is 0 Å². The second-order valence-corrected chi connectivity index (χ2v) is 5.64. The molecular formula is C15H18ClNS. The molecule has 0 saturated heterocycles. The van der Waals surface area contributed by atoms with Crippen molar-refractivity contribution in [2.24, 2.45) is 0 Å². The predicted molar refractivity (Wildman–Crippen MR) is 80.6 cm³/mol. The standard InChI is InChI=1S/C15H18ClNS/c1-3-17-15(9-12-6-7-18-10-12)13-4-5-14(16)11(2)8-13/h4-8,10,15,17H,3,9H2,1-2H3. The third-order valence-corrected chi connectivity index (χ3v) is 4.21. The molecule has 2 rings (SSSR count). The smallest absolute Gasteiger partial charge is 0.0435 e. The Morgan fingerprint density at radius 3 is 2.78 bits per heavy atom. The minimum Gasteiger partial charge on any atom is -0.310 e. The summed E-state index contributed by atoms with van der Waals surface area (Å²) in [7, 11) is 0. The maximum Gasteiger partial charge on any atom is 0.0435 e. The van der Waals surface area contributed by atoms with Gasteiger partial charge in [-0.2, -0.15) is 11.3 Å². The van der Waals surface area contributed by atoms with Crippen LogP contribution in [0.2, 0.25) is 5.02 Å². The summed E-state index contributed by atoms with van der Waals surface area (Å²) in [5.74, 6) is 0. The summed E-state index contributed by atoms with van der Waals surface area (Å²) in [6.45, 7) is 5.17. The second-order valence-electron chi connectivity index (χ2n) is 4.45. The molecule has 96 valence electrons. The van der Waals surface area contributed by atoms with Crippen LogP contribution in [-0.4, -0.2) is 6.54 Å². The molecule has 0 bridgehead atoms. The number of hydrogen-bond acceptors (Lipinski definition) is 2. The molecule has 18 heavy (non-hydrogen) atoms. The summed E-state index contributed by atoms with van der Waals surface area (Å²) in [5, 5.41) is 8.73. The first kappa shape index (κ1) is 13.6. The van der Waals surface area contributed by atoms with Crippen molar-refractivity contribution in [3.05, 3.63) is 56.7 Å². The van der Waals surface area contributed by atoms with Crippen LogP contribution in [0.25, 0.3) is 0 Å². The van der Waals surface area contributed by atoms with Crippen LogP contribution in [0.15, 0.2) is 35.0 Å². The van der Waals surface area contributed by atoms with Gasteiger partial charge < -0.3 is 5.32 Å². The zero-order valence-corrected chi connectivity index (χ0v) is 12.3. The molecule has 0 aliphatic heterocycles. The zero-order chi connectivity index (χ0) is 13.0. The summed E-state index contributed by atoms with van der Waals surface area (Å²) in [4.78, 5) is 0. The Balaban J connectivity index is 2.20. The first-order chi connectivity index (χ1) is 8.70. The highest BCUT2D eigenvalue weighted by Gasteiger charge is 2.12. The van der Waals surface area contributed by atoms with E-state index in [4.69, 9.17) is 11.6 Å². The fourth-order valence-corrected chi connectivity index (χ4v) is 2.88. The Hall–Kier alpha value is -0.830. The van der Waals surface area contributed by atoms with Crippen LogP contribution < -0.4 is 5.32 Å². The molecule has 0 amide bonds. The first-order valence-corrected chi connectivity index (χ1v) is 7.53. The Labute approximate surface area is 118 Å². The van der Waals surface area contributed by atoms with Gasteiger partial charge in [0, 0.05) is 11.1 Å². The Morgan fingerprint density at radius 1 is 1.33 bits per heavy atom. The minimum absolute atomic E-state index is 0.362. The summed E-state index contributed by atoms with van der Waals surface area (Å²) in [6, 6.07) is 8.85. The number of benzene rings is 1. The Bertz CT molecular complexity index is 493. The quantitative estimate of drug-likeness (QED) is 0.843. The number of hydrogen-bond donors (Lipinski definition) is 1. The highest BCUT2D eigenvalue weighted by Crippen LogP contribution is 2.24. The average molecular weight is 280 g/mol. The van der Waals surface area contributed by atoms with Gasteiger partial charge in [-0.3, -0.25) is 0 Å². The van der Waals surface area contributed by atoms with Gasteiger partial charge in [-0.25, -0.2) is 0 Å². The maximum absolute atomic E-state index is 6.09. The van der Waals surface area contributed by atoms with Crippen LogP contribution in [0.3, 0.4) is 0 Å². The van der Waals surface area contributed by atoms with Gasteiger partial charge in [-0.05, 0) is 59.5 Å². The highest BCUT2D eigenvalue weighted by atomic mass is 35.5.